The van der Waals surface area contributed by atoms with Crippen LogP contribution in [-0.4, -0.2) is 122 Å². The number of nitrogens with one attached hydrogen (secondary N) is 1. The van der Waals surface area contributed by atoms with Gasteiger partial charge in [0.1, 0.15) is 12.1 Å². The summed E-state index contributed by atoms with van der Waals surface area (Å²) in [6, 6.07) is 3.54. The molecule has 1 aliphatic carbocycles. The summed E-state index contributed by atoms with van der Waals surface area (Å²) in [5.41, 5.74) is -7.18. The van der Waals surface area contributed by atoms with Crippen molar-refractivity contribution in [3.63, 3.8) is 0 Å². The summed E-state index contributed by atoms with van der Waals surface area (Å²) in [6.07, 6.45) is 3.53. The minimum Gasteiger partial charge on any atom is -0.438 e. The number of rotatable bonds is 12. The van der Waals surface area contributed by atoms with Crippen molar-refractivity contribution in [1.82, 2.24) is 20.0 Å². The minimum absolute atomic E-state index is 0.0531. The molecule has 1 aromatic heterocycles. The van der Waals surface area contributed by atoms with Gasteiger partial charge in [-0.25, -0.2) is 0 Å². The zero-order valence-corrected chi connectivity index (χ0v) is 36.6. The molecule has 7 rings (SSSR count). The molecule has 330 valence electrons. The fraction of sp³-hybridized carbons (Fsp3) is 0.683. The summed E-state index contributed by atoms with van der Waals surface area (Å²) in [7, 11) is -5.57. The molecule has 19 heteroatoms. The summed E-state index contributed by atoms with van der Waals surface area (Å²) in [6.45, 7) is 11.2. The molecule has 5 atom stereocenters. The first-order chi connectivity index (χ1) is 28.2. The van der Waals surface area contributed by atoms with Crippen molar-refractivity contribution in [3.05, 3.63) is 34.7 Å². The van der Waals surface area contributed by atoms with Crippen LogP contribution < -0.4 is 5.32 Å². The molecule has 0 spiro atoms. The molecule has 5 heterocycles. The van der Waals surface area contributed by atoms with Crippen LogP contribution in [0.2, 0.25) is 0 Å². The Morgan fingerprint density at radius 3 is 2.10 bits per heavy atom. The van der Waals surface area contributed by atoms with Crippen LogP contribution >= 0.6 is 18.9 Å². The molecule has 1 aromatic carbocycles. The molecule has 1 saturated carbocycles. The van der Waals surface area contributed by atoms with Crippen LogP contribution in [0.1, 0.15) is 88.9 Å². The molecule has 60 heavy (non-hydrogen) atoms. The Balaban J connectivity index is 1.05. The van der Waals surface area contributed by atoms with E-state index in [9.17, 15) is 28.5 Å². The largest absolute Gasteiger partial charge is 0.438 e. The van der Waals surface area contributed by atoms with E-state index < -0.39 is 73.2 Å². The quantitative estimate of drug-likeness (QED) is 0.157. The van der Waals surface area contributed by atoms with Gasteiger partial charge in [0, 0.05) is 48.5 Å². The fourth-order valence-corrected chi connectivity index (χ4v) is 10.5. The van der Waals surface area contributed by atoms with Crippen LogP contribution in [0.5, 0.6) is 0 Å². The lowest BCUT2D eigenvalue weighted by Crippen LogP contribution is -2.66. The van der Waals surface area contributed by atoms with Gasteiger partial charge < -0.3 is 29.3 Å². The lowest BCUT2D eigenvalue weighted by molar-refractivity contribution is -0.163. The van der Waals surface area contributed by atoms with E-state index in [0.29, 0.717) is 49.8 Å². The zero-order valence-electron chi connectivity index (χ0n) is 34.9. The number of amides is 3. The number of alkyl halides is 2. The van der Waals surface area contributed by atoms with Gasteiger partial charge in [0.25, 0.3) is 5.91 Å². The number of morpholine rings is 1. The van der Waals surface area contributed by atoms with Crippen molar-refractivity contribution >= 4 is 58.7 Å². The smallest absolute Gasteiger partial charge is 0.410 e. The van der Waals surface area contributed by atoms with Gasteiger partial charge in [0.05, 0.1) is 28.9 Å². The number of thiophene rings is 1. The third kappa shape index (κ3) is 9.29. The number of nitrogens with zero attached hydrogens (tertiary/aromatic N) is 3. The average Bonchev–Trinajstić information content (AvgIpc) is 3.52. The minimum atomic E-state index is -5.57. The first-order valence-corrected chi connectivity index (χ1v) is 22.9. The second-order valence-electron chi connectivity index (χ2n) is 18.6. The third-order valence-corrected chi connectivity index (χ3v) is 15.0. The maximum Gasteiger partial charge on any atom is 0.410 e. The van der Waals surface area contributed by atoms with Gasteiger partial charge in [0.2, 0.25) is 25.4 Å². The SMILES string of the molecule is CC(C)(C)C(=O)OCOP(=O)(OCOC(=O)C(C)(C)C)C(F)(F)c1ccc2sc(C(=O)N[C@H]3C[C@@H]4C[C@@H]4C[C@H]4CC[C@@H](C(=O)N5CC(N6CCOCC6)C5)N4C3=O)cc2c1. The first-order valence-electron chi connectivity index (χ1n) is 20.6. The summed E-state index contributed by atoms with van der Waals surface area (Å²) >= 11 is 1.03. The fourth-order valence-electron chi connectivity index (χ4n) is 8.31. The number of likely N-dealkylation sites (tertiary alicyclic amines) is 1. The van der Waals surface area contributed by atoms with Crippen molar-refractivity contribution in [1.29, 1.82) is 0 Å². The normalized spacial score (nSPS) is 25.5. The van der Waals surface area contributed by atoms with Gasteiger partial charge in [-0.2, -0.15) is 8.78 Å². The molecular weight excluding hydrogens is 826 g/mol. The van der Waals surface area contributed by atoms with Crippen LogP contribution in [0.25, 0.3) is 10.1 Å². The monoisotopic (exact) mass is 880 g/mol. The van der Waals surface area contributed by atoms with E-state index in [4.69, 9.17) is 23.3 Å². The summed E-state index contributed by atoms with van der Waals surface area (Å²) in [4.78, 5) is 72.7. The van der Waals surface area contributed by atoms with E-state index in [-0.39, 0.29) is 40.1 Å². The van der Waals surface area contributed by atoms with Crippen LogP contribution in [-0.2, 0) is 52.7 Å². The van der Waals surface area contributed by atoms with Gasteiger partial charge in [0.15, 0.2) is 0 Å². The topological polar surface area (TPSA) is 170 Å². The summed E-state index contributed by atoms with van der Waals surface area (Å²) in [5.74, 6) is -1.81. The molecule has 0 unspecified atom stereocenters. The molecule has 0 radical (unpaired) electrons. The lowest BCUT2D eigenvalue weighted by Gasteiger charge is -2.48. The molecule has 2 aromatic rings. The Morgan fingerprint density at radius 2 is 1.48 bits per heavy atom. The van der Waals surface area contributed by atoms with E-state index in [1.807, 2.05) is 4.90 Å². The average molecular weight is 881 g/mol. The van der Waals surface area contributed by atoms with E-state index in [1.165, 1.54) is 53.7 Å². The highest BCUT2D eigenvalue weighted by Crippen LogP contribution is 2.67. The van der Waals surface area contributed by atoms with E-state index in [1.54, 1.807) is 4.90 Å². The summed E-state index contributed by atoms with van der Waals surface area (Å²) < 4.78 is 72.3. The number of esters is 2. The Labute approximate surface area is 352 Å². The molecular formula is C41H55F2N4O11PS. The van der Waals surface area contributed by atoms with E-state index >= 15 is 8.78 Å². The number of halogens is 2. The van der Waals surface area contributed by atoms with E-state index in [2.05, 4.69) is 10.2 Å². The Morgan fingerprint density at radius 1 is 0.867 bits per heavy atom. The van der Waals surface area contributed by atoms with Crippen LogP contribution in [0, 0.1) is 22.7 Å². The second kappa shape index (κ2) is 17.0. The highest BCUT2D eigenvalue weighted by atomic mass is 32.1. The molecule has 4 aliphatic heterocycles. The van der Waals surface area contributed by atoms with E-state index in [0.717, 1.165) is 55.8 Å². The molecule has 5 aliphatic rings. The van der Waals surface area contributed by atoms with Crippen molar-refractivity contribution in [3.8, 4) is 0 Å². The standard InChI is InChI=1S/C41H55F2N4O11PS/c1-39(2,3)37(51)55-22-57-59(53,58-23-56-38(52)40(4,5)6)41(42,43)27-7-10-32-26(16-27)19-33(60-32)34(48)44-30-18-25-15-24(25)17-28-8-9-31(47(28)35(30)49)36(50)46-20-29(21-46)45-11-13-54-14-12-45/h7,10,16,19,24-25,28-31H,8-9,11-15,17-18,20-23H2,1-6H3,(H,44,48)/t24-,25+,28-,30+,31+/m1/s1. The molecule has 4 saturated heterocycles. The van der Waals surface area contributed by atoms with Crippen molar-refractivity contribution in [2.24, 2.45) is 22.7 Å². The maximum absolute atomic E-state index is 16.3. The molecule has 1 N–H and O–H groups in total. The highest BCUT2D eigenvalue weighted by molar-refractivity contribution is 7.54. The third-order valence-electron chi connectivity index (χ3n) is 12.0. The number of carbonyl (C=O) groups is 5. The number of ether oxygens (including phenoxy) is 3. The lowest BCUT2D eigenvalue weighted by atomic mass is 9.98. The maximum atomic E-state index is 16.3. The predicted molar refractivity (Wildman–Crippen MR) is 215 cm³/mol. The molecule has 3 amide bonds. The van der Waals surface area contributed by atoms with Gasteiger partial charge in [-0.15, -0.1) is 11.3 Å². The second-order valence-corrected chi connectivity index (χ2v) is 21.7. The van der Waals surface area contributed by atoms with Gasteiger partial charge in [-0.05, 0) is 109 Å². The number of carbonyl (C=O) groups excluding carboxylic acids is 5. The van der Waals surface area contributed by atoms with Gasteiger partial charge in [-0.3, -0.25) is 42.5 Å². The zero-order chi connectivity index (χ0) is 43.4. The number of fused-ring (bicyclic) bond motifs is 3. The first kappa shape index (κ1) is 44.5. The van der Waals surface area contributed by atoms with Crippen molar-refractivity contribution in [2.75, 3.05) is 53.0 Å². The Hall–Kier alpha value is -3.54. The number of hydrogen-bond acceptors (Lipinski definition) is 13. The van der Waals surface area contributed by atoms with Gasteiger partial charge >= 0.3 is 25.2 Å². The number of benzene rings is 1. The Bertz CT molecular complexity index is 2000. The predicted octanol–water partition coefficient (Wildman–Crippen LogP) is 5.70. The molecule has 0 bridgehead atoms. The molecule has 15 nitrogen and oxygen atoms in total. The van der Waals surface area contributed by atoms with Crippen molar-refractivity contribution < 1.29 is 60.6 Å². The summed E-state index contributed by atoms with van der Waals surface area (Å²) in [5, 5.41) is 3.14. The van der Waals surface area contributed by atoms with Crippen molar-refractivity contribution in [2.45, 2.75) is 103 Å². The van der Waals surface area contributed by atoms with Crippen LogP contribution in [0.15, 0.2) is 24.3 Å². The van der Waals surface area contributed by atoms with Crippen LogP contribution in [0.3, 0.4) is 0 Å². The Kier molecular flexibility index (Phi) is 12.6. The highest BCUT2D eigenvalue weighted by Gasteiger charge is 2.56. The van der Waals surface area contributed by atoms with Gasteiger partial charge in [-0.1, -0.05) is 6.07 Å². The van der Waals surface area contributed by atoms with Crippen LogP contribution in [0.4, 0.5) is 8.78 Å². The molecule has 5 fully saturated rings. The number of hydrogen-bond donors (Lipinski definition) is 1.